The average Bonchev–Trinajstić information content (AvgIpc) is 2.98. The summed E-state index contributed by atoms with van der Waals surface area (Å²) < 4.78 is 12.0. The van der Waals surface area contributed by atoms with Gasteiger partial charge in [0.2, 0.25) is 0 Å². The first-order valence-electron chi connectivity index (χ1n) is 9.16. The van der Waals surface area contributed by atoms with E-state index in [1.54, 1.807) is 38.7 Å². The van der Waals surface area contributed by atoms with Crippen molar-refractivity contribution < 1.29 is 23.9 Å². The van der Waals surface area contributed by atoms with Gasteiger partial charge < -0.3 is 14.3 Å². The Balaban J connectivity index is 2.35. The number of hydroxylamine groups is 1. The number of aromatic nitrogens is 2. The number of carbonyl (C=O) groups is 2. The zero-order chi connectivity index (χ0) is 20.2. The molecule has 1 N–H and O–H groups in total. The smallest absolute Gasteiger partial charge is 0.411 e. The molecule has 0 bridgehead atoms. The molecule has 152 valence electrons. The zero-order valence-electron chi connectivity index (χ0n) is 16.9. The van der Waals surface area contributed by atoms with Crippen molar-refractivity contribution in [3.05, 3.63) is 17.5 Å². The highest BCUT2D eigenvalue weighted by atomic mass is 16.6. The number of nitrogens with zero attached hydrogens (tertiary/aromatic N) is 3. The van der Waals surface area contributed by atoms with Crippen LogP contribution in [0.1, 0.15) is 63.9 Å². The zero-order valence-corrected chi connectivity index (χ0v) is 16.9. The largest absolute Gasteiger partial charge is 0.467 e. The Morgan fingerprint density at radius 1 is 1.37 bits per heavy atom. The van der Waals surface area contributed by atoms with Gasteiger partial charge in [-0.25, -0.2) is 9.59 Å². The molecule has 2 atom stereocenters. The van der Waals surface area contributed by atoms with Gasteiger partial charge >= 0.3 is 12.1 Å². The highest BCUT2D eigenvalue weighted by Crippen LogP contribution is 2.36. The quantitative estimate of drug-likeness (QED) is 0.458. The standard InChI is InChI=1S/C18H30N4O5/c1-7-8-9-26-20-13-11-22(17(24)27-18(2,3)4)15(16(23)25-6)14-12(13)10-19-21(14)5/h10,13,15,20H,7-9,11H2,1-6H3/t13?,15-/m0/s1. The molecule has 1 aliphatic rings. The molecule has 9 nitrogen and oxygen atoms in total. The fourth-order valence-electron chi connectivity index (χ4n) is 2.94. The maximum absolute atomic E-state index is 12.8. The summed E-state index contributed by atoms with van der Waals surface area (Å²) in [7, 11) is 3.02. The molecular weight excluding hydrogens is 352 g/mol. The summed E-state index contributed by atoms with van der Waals surface area (Å²) in [6.07, 6.45) is 3.02. The molecule has 0 radical (unpaired) electrons. The molecule has 2 rings (SSSR count). The van der Waals surface area contributed by atoms with E-state index in [4.69, 9.17) is 14.3 Å². The van der Waals surface area contributed by atoms with Crippen LogP contribution in [0.5, 0.6) is 0 Å². The number of hydrogen-bond donors (Lipinski definition) is 1. The predicted octanol–water partition coefficient (Wildman–Crippen LogP) is 2.25. The summed E-state index contributed by atoms with van der Waals surface area (Å²) in [4.78, 5) is 32.2. The Kier molecular flexibility index (Phi) is 6.83. The van der Waals surface area contributed by atoms with Gasteiger partial charge in [0.1, 0.15) is 5.60 Å². The predicted molar refractivity (Wildman–Crippen MR) is 97.6 cm³/mol. The lowest BCUT2D eigenvalue weighted by molar-refractivity contribution is -0.148. The second-order valence-corrected chi connectivity index (χ2v) is 7.54. The van der Waals surface area contributed by atoms with Gasteiger partial charge in [0.05, 0.1) is 31.6 Å². The molecular formula is C18H30N4O5. The first-order chi connectivity index (χ1) is 12.7. The van der Waals surface area contributed by atoms with E-state index >= 15 is 0 Å². The SMILES string of the molecule is CCCCONC1CN(C(=O)OC(C)(C)C)[C@H](C(=O)OC)c2c1cnn2C. The lowest BCUT2D eigenvalue weighted by Crippen LogP contribution is -2.50. The van der Waals surface area contributed by atoms with Gasteiger partial charge in [-0.3, -0.25) is 9.58 Å². The summed E-state index contributed by atoms with van der Waals surface area (Å²) >= 11 is 0. The van der Waals surface area contributed by atoms with Crippen LogP contribution in [0.3, 0.4) is 0 Å². The number of unbranched alkanes of at least 4 members (excludes halogenated alkanes) is 1. The lowest BCUT2D eigenvalue weighted by atomic mass is 9.96. The summed E-state index contributed by atoms with van der Waals surface area (Å²) in [6.45, 7) is 8.16. The third-order valence-corrected chi connectivity index (χ3v) is 4.22. The maximum atomic E-state index is 12.8. The van der Waals surface area contributed by atoms with Crippen LogP contribution in [0, 0.1) is 0 Å². The van der Waals surface area contributed by atoms with Crippen molar-refractivity contribution in [1.29, 1.82) is 0 Å². The van der Waals surface area contributed by atoms with E-state index in [0.29, 0.717) is 12.3 Å². The number of methoxy groups -OCH3 is 1. The lowest BCUT2D eigenvalue weighted by Gasteiger charge is -2.38. The number of esters is 1. The summed E-state index contributed by atoms with van der Waals surface area (Å²) in [5.41, 5.74) is 3.68. The topological polar surface area (TPSA) is 94.9 Å². The minimum Gasteiger partial charge on any atom is -0.467 e. The van der Waals surface area contributed by atoms with Crippen molar-refractivity contribution in [3.63, 3.8) is 0 Å². The van der Waals surface area contributed by atoms with Gasteiger partial charge in [-0.15, -0.1) is 0 Å². The Labute approximate surface area is 159 Å². The van der Waals surface area contributed by atoms with E-state index in [0.717, 1.165) is 18.4 Å². The Bertz CT molecular complexity index is 667. The first kappa shape index (κ1) is 21.2. The number of amides is 1. The van der Waals surface area contributed by atoms with Crippen LogP contribution < -0.4 is 5.48 Å². The Hall–Kier alpha value is -2.13. The number of ether oxygens (including phenoxy) is 2. The number of hydrogen-bond acceptors (Lipinski definition) is 7. The van der Waals surface area contributed by atoms with Crippen molar-refractivity contribution in [2.24, 2.45) is 7.05 Å². The van der Waals surface area contributed by atoms with E-state index in [9.17, 15) is 9.59 Å². The molecule has 27 heavy (non-hydrogen) atoms. The molecule has 1 aromatic heterocycles. The van der Waals surface area contributed by atoms with Crippen LogP contribution in [0.4, 0.5) is 4.79 Å². The second kappa shape index (κ2) is 8.71. The van der Waals surface area contributed by atoms with Gasteiger partial charge in [0, 0.05) is 19.2 Å². The van der Waals surface area contributed by atoms with Crippen LogP contribution in [0.2, 0.25) is 0 Å². The van der Waals surface area contributed by atoms with Crippen LogP contribution >= 0.6 is 0 Å². The molecule has 0 aromatic carbocycles. The minimum atomic E-state index is -0.930. The normalized spacial score (nSPS) is 19.6. The van der Waals surface area contributed by atoms with Gasteiger partial charge in [-0.2, -0.15) is 10.6 Å². The average molecular weight is 382 g/mol. The summed E-state index contributed by atoms with van der Waals surface area (Å²) in [5.74, 6) is -0.545. The molecule has 0 saturated heterocycles. The van der Waals surface area contributed by atoms with Gasteiger partial charge in [0.25, 0.3) is 0 Å². The minimum absolute atomic E-state index is 0.194. The number of aryl methyl sites for hydroxylation is 1. The van der Waals surface area contributed by atoms with Crippen molar-refractivity contribution in [1.82, 2.24) is 20.2 Å². The van der Waals surface area contributed by atoms with Crippen LogP contribution in [-0.4, -0.2) is 52.6 Å². The van der Waals surface area contributed by atoms with Gasteiger partial charge in [-0.1, -0.05) is 13.3 Å². The van der Waals surface area contributed by atoms with E-state index in [-0.39, 0.29) is 12.6 Å². The highest BCUT2D eigenvalue weighted by Gasteiger charge is 2.44. The molecule has 1 aromatic rings. The molecule has 1 aliphatic heterocycles. The highest BCUT2D eigenvalue weighted by molar-refractivity contribution is 5.83. The number of rotatable bonds is 6. The first-order valence-corrected chi connectivity index (χ1v) is 9.16. The molecule has 9 heteroatoms. The van der Waals surface area contributed by atoms with Gasteiger partial charge in [-0.05, 0) is 27.2 Å². The van der Waals surface area contributed by atoms with Crippen molar-refractivity contribution >= 4 is 12.1 Å². The second-order valence-electron chi connectivity index (χ2n) is 7.54. The molecule has 1 amide bonds. The summed E-state index contributed by atoms with van der Waals surface area (Å²) in [6, 6.07) is -1.26. The molecule has 2 heterocycles. The number of nitrogens with one attached hydrogen (secondary N) is 1. The fourth-order valence-corrected chi connectivity index (χ4v) is 2.94. The van der Waals surface area contributed by atoms with E-state index < -0.39 is 23.7 Å². The molecule has 0 fully saturated rings. The van der Waals surface area contributed by atoms with E-state index in [2.05, 4.69) is 17.5 Å². The maximum Gasteiger partial charge on any atom is 0.411 e. The Morgan fingerprint density at radius 2 is 2.07 bits per heavy atom. The Morgan fingerprint density at radius 3 is 2.67 bits per heavy atom. The van der Waals surface area contributed by atoms with E-state index in [1.807, 2.05) is 0 Å². The van der Waals surface area contributed by atoms with Crippen LogP contribution in [0.25, 0.3) is 0 Å². The molecule has 1 unspecified atom stereocenters. The fraction of sp³-hybridized carbons (Fsp3) is 0.722. The van der Waals surface area contributed by atoms with Crippen LogP contribution in [-0.2, 0) is 26.2 Å². The van der Waals surface area contributed by atoms with Crippen molar-refractivity contribution in [2.45, 2.75) is 58.2 Å². The van der Waals surface area contributed by atoms with Crippen molar-refractivity contribution in [2.75, 3.05) is 20.3 Å². The van der Waals surface area contributed by atoms with Crippen LogP contribution in [0.15, 0.2) is 6.20 Å². The number of carbonyl (C=O) groups excluding carboxylic acids is 2. The summed E-state index contributed by atoms with van der Waals surface area (Å²) in [5, 5.41) is 4.26. The van der Waals surface area contributed by atoms with Gasteiger partial charge in [0.15, 0.2) is 6.04 Å². The molecule has 0 spiro atoms. The third kappa shape index (κ3) is 4.98. The van der Waals surface area contributed by atoms with E-state index in [1.165, 1.54) is 12.0 Å². The molecule has 0 saturated carbocycles. The molecule has 0 aliphatic carbocycles. The third-order valence-electron chi connectivity index (χ3n) is 4.22. The number of fused-ring (bicyclic) bond motifs is 1. The van der Waals surface area contributed by atoms with Crippen molar-refractivity contribution in [3.8, 4) is 0 Å². The monoisotopic (exact) mass is 382 g/mol.